The molecule has 0 rings (SSSR count). The second-order valence-corrected chi connectivity index (χ2v) is 3.79. The third-order valence-corrected chi connectivity index (χ3v) is 3.25. The molecule has 1 unspecified atom stereocenters. The van der Waals surface area contributed by atoms with Crippen molar-refractivity contribution in [3.63, 3.8) is 0 Å². The van der Waals surface area contributed by atoms with Crippen LogP contribution in [0, 0.1) is 0 Å². The van der Waals surface area contributed by atoms with Crippen LogP contribution in [0.4, 0.5) is 0 Å². The Kier molecular flexibility index (Phi) is 7.34. The molecule has 0 aromatic carbocycles. The fourth-order valence-electron chi connectivity index (χ4n) is 0.763. The van der Waals surface area contributed by atoms with E-state index in [0.717, 1.165) is 5.25 Å². The Balaban J connectivity index is 3.09. The van der Waals surface area contributed by atoms with Crippen molar-refractivity contribution in [3.05, 3.63) is 0 Å². The van der Waals surface area contributed by atoms with Crippen LogP contribution in [-0.2, 0) is 0 Å². The summed E-state index contributed by atoms with van der Waals surface area (Å²) in [5.41, 5.74) is 0. The summed E-state index contributed by atoms with van der Waals surface area (Å²) < 4.78 is 0. The van der Waals surface area contributed by atoms with Gasteiger partial charge in [0.05, 0.1) is 0 Å². The summed E-state index contributed by atoms with van der Waals surface area (Å²) in [7, 11) is 1.70. The van der Waals surface area contributed by atoms with Crippen LogP contribution < -0.4 is 0 Å². The normalized spacial score (nSPS) is 13.7. The van der Waals surface area contributed by atoms with Crippen molar-refractivity contribution in [2.45, 2.75) is 44.8 Å². The molecule has 0 aromatic rings. The van der Waals surface area contributed by atoms with Crippen LogP contribution in [0.15, 0.2) is 0 Å². The first-order chi connectivity index (χ1) is 4.35. The SMILES string of the molecule is CCCCC(CC)SS. The Morgan fingerprint density at radius 2 is 2.11 bits per heavy atom. The van der Waals surface area contributed by atoms with Gasteiger partial charge >= 0.3 is 0 Å². The van der Waals surface area contributed by atoms with Gasteiger partial charge in [0.2, 0.25) is 0 Å². The lowest BCUT2D eigenvalue weighted by Gasteiger charge is -2.08. The molecule has 0 bridgehead atoms. The molecule has 9 heavy (non-hydrogen) atoms. The summed E-state index contributed by atoms with van der Waals surface area (Å²) >= 11 is 4.19. The summed E-state index contributed by atoms with van der Waals surface area (Å²) in [5, 5.41) is 0.785. The summed E-state index contributed by atoms with van der Waals surface area (Å²) in [4.78, 5) is 0. The molecule has 2 heteroatoms. The van der Waals surface area contributed by atoms with Crippen LogP contribution in [0.5, 0.6) is 0 Å². The van der Waals surface area contributed by atoms with Gasteiger partial charge < -0.3 is 0 Å². The lowest BCUT2D eigenvalue weighted by molar-refractivity contribution is 0.673. The molecule has 0 N–H and O–H groups in total. The molecule has 0 nitrogen and oxygen atoms in total. The van der Waals surface area contributed by atoms with Crippen molar-refractivity contribution in [1.82, 2.24) is 0 Å². The highest BCUT2D eigenvalue weighted by atomic mass is 33.1. The van der Waals surface area contributed by atoms with Crippen LogP contribution in [0.1, 0.15) is 39.5 Å². The molecule has 0 saturated carbocycles. The van der Waals surface area contributed by atoms with Crippen LogP contribution in [0.25, 0.3) is 0 Å². The van der Waals surface area contributed by atoms with E-state index in [1.807, 2.05) is 0 Å². The Hall–Kier alpha value is 0.700. The minimum atomic E-state index is 0.785. The van der Waals surface area contributed by atoms with Crippen molar-refractivity contribution in [1.29, 1.82) is 0 Å². The van der Waals surface area contributed by atoms with Crippen molar-refractivity contribution in [3.8, 4) is 0 Å². The van der Waals surface area contributed by atoms with Crippen molar-refractivity contribution in [2.24, 2.45) is 0 Å². The van der Waals surface area contributed by atoms with E-state index in [0.29, 0.717) is 0 Å². The van der Waals surface area contributed by atoms with Gasteiger partial charge in [-0.1, -0.05) is 37.5 Å². The third kappa shape index (κ3) is 5.16. The Labute approximate surface area is 67.6 Å². The molecular weight excluding hydrogens is 148 g/mol. The Morgan fingerprint density at radius 3 is 2.44 bits per heavy atom. The fourth-order valence-corrected chi connectivity index (χ4v) is 1.95. The maximum absolute atomic E-state index is 4.19. The molecular formula is C7H16S2. The monoisotopic (exact) mass is 164 g/mol. The number of hydrogen-bond acceptors (Lipinski definition) is 2. The van der Waals surface area contributed by atoms with Gasteiger partial charge in [-0.3, -0.25) is 0 Å². The van der Waals surface area contributed by atoms with E-state index in [2.05, 4.69) is 25.5 Å². The predicted molar refractivity (Wildman–Crippen MR) is 50.2 cm³/mol. The average molecular weight is 164 g/mol. The first-order valence-corrected chi connectivity index (χ1v) is 5.58. The summed E-state index contributed by atoms with van der Waals surface area (Å²) in [6.07, 6.45) is 5.26. The molecule has 56 valence electrons. The zero-order valence-electron chi connectivity index (χ0n) is 6.26. The lowest BCUT2D eigenvalue weighted by atomic mass is 10.2. The maximum Gasteiger partial charge on any atom is 0.0146 e. The molecule has 0 spiro atoms. The maximum atomic E-state index is 4.19. The molecule has 0 aliphatic carbocycles. The van der Waals surface area contributed by atoms with Crippen LogP contribution in [0.2, 0.25) is 0 Å². The van der Waals surface area contributed by atoms with Gasteiger partial charge in [0.15, 0.2) is 0 Å². The van der Waals surface area contributed by atoms with Gasteiger partial charge in [-0.2, -0.15) is 0 Å². The lowest BCUT2D eigenvalue weighted by Crippen LogP contribution is -1.96. The smallest absolute Gasteiger partial charge is 0.0146 e. The highest BCUT2D eigenvalue weighted by molar-refractivity contribution is 8.68. The van der Waals surface area contributed by atoms with Gasteiger partial charge in [0.25, 0.3) is 0 Å². The van der Waals surface area contributed by atoms with E-state index < -0.39 is 0 Å². The minimum absolute atomic E-state index is 0.785. The van der Waals surface area contributed by atoms with Crippen molar-refractivity contribution < 1.29 is 0 Å². The quantitative estimate of drug-likeness (QED) is 0.479. The first kappa shape index (κ1) is 9.70. The first-order valence-electron chi connectivity index (χ1n) is 3.65. The van der Waals surface area contributed by atoms with Gasteiger partial charge in [0.1, 0.15) is 0 Å². The molecule has 1 atom stereocenters. The van der Waals surface area contributed by atoms with Crippen molar-refractivity contribution >= 4 is 22.5 Å². The van der Waals surface area contributed by atoms with E-state index in [9.17, 15) is 0 Å². The largest absolute Gasteiger partial charge is 0.111 e. The molecule has 0 saturated heterocycles. The van der Waals surface area contributed by atoms with Gasteiger partial charge in [0, 0.05) is 5.25 Å². The molecule has 0 heterocycles. The van der Waals surface area contributed by atoms with Gasteiger partial charge in [-0.25, -0.2) is 0 Å². The Bertz CT molecular complexity index is 50.9. The number of hydrogen-bond donors (Lipinski definition) is 1. The Morgan fingerprint density at radius 1 is 1.44 bits per heavy atom. The van der Waals surface area contributed by atoms with Crippen LogP contribution >= 0.6 is 22.5 Å². The van der Waals surface area contributed by atoms with E-state index >= 15 is 0 Å². The van der Waals surface area contributed by atoms with E-state index in [1.54, 1.807) is 10.8 Å². The van der Waals surface area contributed by atoms with Gasteiger partial charge in [-0.05, 0) is 12.8 Å². The van der Waals surface area contributed by atoms with E-state index in [4.69, 9.17) is 0 Å². The number of rotatable bonds is 5. The molecule has 0 amide bonds. The minimum Gasteiger partial charge on any atom is -0.111 e. The highest BCUT2D eigenvalue weighted by Crippen LogP contribution is 2.22. The number of thiol groups is 1. The molecule has 0 aromatic heterocycles. The summed E-state index contributed by atoms with van der Waals surface area (Å²) in [5.74, 6) is 0. The van der Waals surface area contributed by atoms with Crippen LogP contribution in [-0.4, -0.2) is 5.25 Å². The molecule has 0 aliphatic rings. The summed E-state index contributed by atoms with van der Waals surface area (Å²) in [6.45, 7) is 4.46. The number of unbranched alkanes of at least 4 members (excludes halogenated alkanes) is 1. The van der Waals surface area contributed by atoms with Crippen molar-refractivity contribution in [2.75, 3.05) is 0 Å². The highest BCUT2D eigenvalue weighted by Gasteiger charge is 2.01. The standard InChI is InChI=1S/C7H16S2/c1-3-5-6-7(4-2)9-8/h7-8H,3-6H2,1-2H3. The topological polar surface area (TPSA) is 0 Å². The second-order valence-electron chi connectivity index (χ2n) is 2.28. The van der Waals surface area contributed by atoms with Gasteiger partial charge in [-0.15, -0.1) is 11.7 Å². The molecule has 0 aliphatic heterocycles. The third-order valence-electron chi connectivity index (χ3n) is 1.48. The molecule has 0 radical (unpaired) electrons. The van der Waals surface area contributed by atoms with Crippen LogP contribution in [0.3, 0.4) is 0 Å². The van der Waals surface area contributed by atoms with E-state index in [-0.39, 0.29) is 0 Å². The average Bonchev–Trinajstić information content (AvgIpc) is 1.91. The summed E-state index contributed by atoms with van der Waals surface area (Å²) in [6, 6.07) is 0. The fraction of sp³-hybridized carbons (Fsp3) is 1.00. The zero-order valence-corrected chi connectivity index (χ0v) is 7.97. The zero-order chi connectivity index (χ0) is 7.11. The van der Waals surface area contributed by atoms with E-state index in [1.165, 1.54) is 25.7 Å². The second kappa shape index (κ2) is 6.81. The molecule has 0 fully saturated rings. The predicted octanol–water partition coefficient (Wildman–Crippen LogP) is 3.53.